The SMILES string of the molecule is CON1C=CC(N2CCN(C)CC2)=C2CSCC23C/C(=C\C#N)C=CC13. The van der Waals surface area contributed by atoms with Crippen LogP contribution in [0.4, 0.5) is 0 Å². The van der Waals surface area contributed by atoms with E-state index in [0.717, 1.165) is 49.7 Å². The van der Waals surface area contributed by atoms with Crippen LogP contribution in [0.3, 0.4) is 0 Å². The molecule has 2 fully saturated rings. The molecule has 0 aromatic carbocycles. The molecule has 1 aliphatic carbocycles. The van der Waals surface area contributed by atoms with Gasteiger partial charge < -0.3 is 9.80 Å². The van der Waals surface area contributed by atoms with Crippen molar-refractivity contribution in [3.63, 3.8) is 0 Å². The lowest BCUT2D eigenvalue weighted by molar-refractivity contribution is -0.129. The molecule has 5 nitrogen and oxygen atoms in total. The molecule has 138 valence electrons. The largest absolute Gasteiger partial charge is 0.369 e. The third-order valence-electron chi connectivity index (χ3n) is 6.05. The Hall–Kier alpha value is -1.68. The Kier molecular flexibility index (Phi) is 4.87. The normalized spacial score (nSPS) is 33.3. The highest BCUT2D eigenvalue weighted by Crippen LogP contribution is 2.54. The lowest BCUT2D eigenvalue weighted by Crippen LogP contribution is -2.48. The van der Waals surface area contributed by atoms with Crippen molar-refractivity contribution >= 4 is 11.8 Å². The molecule has 4 aliphatic rings. The fraction of sp³-hybridized carbons (Fsp3) is 0.550. The van der Waals surface area contributed by atoms with Crippen LogP contribution in [-0.4, -0.2) is 72.7 Å². The van der Waals surface area contributed by atoms with Crippen molar-refractivity contribution in [2.24, 2.45) is 5.41 Å². The van der Waals surface area contributed by atoms with Gasteiger partial charge in [-0.25, -0.2) is 0 Å². The van der Waals surface area contributed by atoms with Crippen LogP contribution in [0.2, 0.25) is 0 Å². The summed E-state index contributed by atoms with van der Waals surface area (Å²) < 4.78 is 0. The Balaban J connectivity index is 1.79. The molecule has 3 heterocycles. The summed E-state index contributed by atoms with van der Waals surface area (Å²) in [6.45, 7) is 4.33. The summed E-state index contributed by atoms with van der Waals surface area (Å²) in [4.78, 5) is 10.7. The summed E-state index contributed by atoms with van der Waals surface area (Å²) in [5.41, 5.74) is 4.03. The fourth-order valence-electron chi connectivity index (χ4n) is 4.61. The number of hydrogen-bond acceptors (Lipinski definition) is 6. The minimum atomic E-state index is 0.000290. The van der Waals surface area contributed by atoms with Gasteiger partial charge in [0.25, 0.3) is 0 Å². The first-order valence-electron chi connectivity index (χ1n) is 9.20. The second-order valence-corrected chi connectivity index (χ2v) is 8.48. The van der Waals surface area contributed by atoms with E-state index in [0.29, 0.717) is 0 Å². The molecule has 0 aromatic rings. The molecule has 1 spiro atoms. The van der Waals surface area contributed by atoms with Crippen molar-refractivity contribution < 1.29 is 4.84 Å². The van der Waals surface area contributed by atoms with Gasteiger partial charge in [-0.1, -0.05) is 12.2 Å². The number of rotatable bonds is 2. The van der Waals surface area contributed by atoms with E-state index in [2.05, 4.69) is 47.3 Å². The van der Waals surface area contributed by atoms with E-state index in [1.165, 1.54) is 11.3 Å². The average Bonchev–Trinajstić information content (AvgIpc) is 2.99. The van der Waals surface area contributed by atoms with Crippen molar-refractivity contribution in [1.82, 2.24) is 14.9 Å². The van der Waals surface area contributed by atoms with Crippen LogP contribution in [0.15, 0.2) is 47.3 Å². The van der Waals surface area contributed by atoms with Crippen LogP contribution in [0, 0.1) is 16.7 Å². The van der Waals surface area contributed by atoms with Gasteiger partial charge in [-0.05, 0) is 30.7 Å². The number of likely N-dealkylation sites (N-methyl/N-ethyl adjacent to an activating group) is 1. The van der Waals surface area contributed by atoms with Crippen LogP contribution < -0.4 is 0 Å². The molecule has 6 heteroatoms. The van der Waals surface area contributed by atoms with E-state index in [1.54, 1.807) is 13.2 Å². The molecule has 0 saturated carbocycles. The Morgan fingerprint density at radius 2 is 2.12 bits per heavy atom. The third-order valence-corrected chi connectivity index (χ3v) is 7.26. The van der Waals surface area contributed by atoms with Gasteiger partial charge in [0.2, 0.25) is 0 Å². The molecule has 0 N–H and O–H groups in total. The van der Waals surface area contributed by atoms with Gasteiger partial charge in [0.15, 0.2) is 0 Å². The van der Waals surface area contributed by atoms with Gasteiger partial charge in [0.05, 0.1) is 19.2 Å². The molecule has 26 heavy (non-hydrogen) atoms. The molecule has 3 aliphatic heterocycles. The second-order valence-electron chi connectivity index (χ2n) is 7.49. The molecule has 2 atom stereocenters. The van der Waals surface area contributed by atoms with Crippen molar-refractivity contribution in [3.05, 3.63) is 47.3 Å². The Labute approximate surface area is 160 Å². The first kappa shape index (κ1) is 17.7. The summed E-state index contributed by atoms with van der Waals surface area (Å²) in [5, 5.41) is 11.1. The van der Waals surface area contributed by atoms with Crippen molar-refractivity contribution in [2.45, 2.75) is 12.5 Å². The monoisotopic (exact) mass is 370 g/mol. The smallest absolute Gasteiger partial charge is 0.0914 e. The van der Waals surface area contributed by atoms with Gasteiger partial charge in [-0.2, -0.15) is 17.0 Å². The topological polar surface area (TPSA) is 42.7 Å². The van der Waals surface area contributed by atoms with Gasteiger partial charge in [-0.3, -0.25) is 9.90 Å². The van der Waals surface area contributed by atoms with Crippen molar-refractivity contribution in [1.29, 1.82) is 5.26 Å². The lowest BCUT2D eigenvalue weighted by atomic mass is 9.68. The van der Waals surface area contributed by atoms with Crippen LogP contribution in [0.1, 0.15) is 6.42 Å². The fourth-order valence-corrected chi connectivity index (χ4v) is 6.16. The first-order chi connectivity index (χ1) is 12.7. The maximum atomic E-state index is 9.15. The van der Waals surface area contributed by atoms with E-state index in [4.69, 9.17) is 10.1 Å². The van der Waals surface area contributed by atoms with E-state index in [-0.39, 0.29) is 11.5 Å². The molecule has 0 amide bonds. The quantitative estimate of drug-likeness (QED) is 0.696. The number of allylic oxidation sites excluding steroid dienone is 4. The zero-order chi connectivity index (χ0) is 18.1. The predicted molar refractivity (Wildman–Crippen MR) is 105 cm³/mol. The summed E-state index contributed by atoms with van der Waals surface area (Å²) in [5.74, 6) is 2.13. The Bertz CT molecular complexity index is 727. The van der Waals surface area contributed by atoms with Crippen LogP contribution in [0.5, 0.6) is 0 Å². The second kappa shape index (κ2) is 7.15. The standard InChI is InChI=1S/C20H26N4OS/c1-22-9-11-23(12-10-22)18-6-8-24(25-2)19-4-3-16(5-7-21)13-20(19)15-26-14-17(18)20/h3-6,8,19H,9-15H2,1-2H3/b16-5-. The van der Waals surface area contributed by atoms with Gasteiger partial charge >= 0.3 is 0 Å². The first-order valence-corrected chi connectivity index (χ1v) is 10.4. The molecule has 2 unspecified atom stereocenters. The van der Waals surface area contributed by atoms with E-state index < -0.39 is 0 Å². The number of thioether (sulfide) groups is 1. The molecule has 0 bridgehead atoms. The van der Waals surface area contributed by atoms with Crippen LogP contribution >= 0.6 is 11.8 Å². The molecule has 0 radical (unpaired) electrons. The highest BCUT2D eigenvalue weighted by molar-refractivity contribution is 7.99. The minimum Gasteiger partial charge on any atom is -0.369 e. The van der Waals surface area contributed by atoms with Gasteiger partial charge in [0, 0.05) is 61.1 Å². The highest BCUT2D eigenvalue weighted by atomic mass is 32.2. The summed E-state index contributed by atoms with van der Waals surface area (Å²) in [7, 11) is 3.94. The molecule has 2 saturated heterocycles. The summed E-state index contributed by atoms with van der Waals surface area (Å²) in [6, 6.07) is 2.39. The number of nitrogens with zero attached hydrogens (tertiary/aromatic N) is 4. The van der Waals surface area contributed by atoms with Crippen LogP contribution in [0.25, 0.3) is 0 Å². The molecular weight excluding hydrogens is 344 g/mol. The maximum absolute atomic E-state index is 9.15. The van der Waals surface area contributed by atoms with Crippen molar-refractivity contribution in [2.75, 3.05) is 51.8 Å². The van der Waals surface area contributed by atoms with Crippen LogP contribution in [-0.2, 0) is 4.84 Å². The van der Waals surface area contributed by atoms with E-state index in [9.17, 15) is 0 Å². The van der Waals surface area contributed by atoms with Crippen molar-refractivity contribution in [3.8, 4) is 6.07 Å². The Morgan fingerprint density at radius 3 is 2.85 bits per heavy atom. The molecule has 0 aromatic heterocycles. The maximum Gasteiger partial charge on any atom is 0.0914 e. The van der Waals surface area contributed by atoms with Gasteiger partial charge in [0.1, 0.15) is 0 Å². The number of hydrogen-bond donors (Lipinski definition) is 0. The third kappa shape index (κ3) is 2.88. The number of nitriles is 1. The lowest BCUT2D eigenvalue weighted by Gasteiger charge is -2.44. The Morgan fingerprint density at radius 1 is 1.31 bits per heavy atom. The van der Waals surface area contributed by atoms with E-state index >= 15 is 0 Å². The van der Waals surface area contributed by atoms with E-state index in [1.807, 2.05) is 16.8 Å². The molecule has 4 rings (SSSR count). The highest BCUT2D eigenvalue weighted by Gasteiger charge is 2.51. The predicted octanol–water partition coefficient (Wildman–Crippen LogP) is 2.39. The average molecular weight is 371 g/mol. The number of hydroxylamine groups is 2. The molecular formula is C20H26N4OS. The minimum absolute atomic E-state index is 0.000290. The van der Waals surface area contributed by atoms with Gasteiger partial charge in [-0.15, -0.1) is 0 Å². The zero-order valence-electron chi connectivity index (χ0n) is 15.5. The summed E-state index contributed by atoms with van der Waals surface area (Å²) in [6.07, 6.45) is 11.3. The zero-order valence-corrected chi connectivity index (χ0v) is 16.3. The summed E-state index contributed by atoms with van der Waals surface area (Å²) >= 11 is 2.01. The number of piperazine rings is 1.